The summed E-state index contributed by atoms with van der Waals surface area (Å²) >= 11 is 0. The molecule has 0 spiro atoms. The molecule has 0 radical (unpaired) electrons. The van der Waals surface area contributed by atoms with Crippen molar-refractivity contribution < 1.29 is 4.39 Å². The number of aryl methyl sites for hydroxylation is 1. The molecule has 3 aromatic heterocycles. The largest absolute Gasteiger partial charge is 0.383 e. The average molecular weight is 378 g/mol. The van der Waals surface area contributed by atoms with Crippen LogP contribution >= 0.6 is 0 Å². The van der Waals surface area contributed by atoms with Crippen molar-refractivity contribution in [3.8, 4) is 11.3 Å². The zero-order valence-electron chi connectivity index (χ0n) is 15.3. The molecule has 1 fully saturated rings. The number of hydrogen-bond acceptors (Lipinski definition) is 6. The number of anilines is 2. The number of rotatable bonds is 5. The lowest BCUT2D eigenvalue weighted by atomic mass is 10.1. The molecular weight excluding hydrogens is 359 g/mol. The molecule has 5 N–H and O–H groups in total. The minimum absolute atomic E-state index is 0.325. The Bertz CT molecular complexity index is 1170. The van der Waals surface area contributed by atoms with Crippen molar-refractivity contribution in [2.75, 3.05) is 11.1 Å². The number of nitrogens with two attached hydrogens (primary N) is 1. The molecule has 0 amide bonds. The van der Waals surface area contributed by atoms with E-state index in [2.05, 4.69) is 35.5 Å². The third kappa shape index (κ3) is 3.04. The van der Waals surface area contributed by atoms with Crippen LogP contribution in [0.15, 0.2) is 24.4 Å². The summed E-state index contributed by atoms with van der Waals surface area (Å²) in [5, 5.41) is 10.5. The van der Waals surface area contributed by atoms with Gasteiger partial charge in [-0.05, 0) is 38.0 Å². The van der Waals surface area contributed by atoms with E-state index in [-0.39, 0.29) is 5.82 Å². The van der Waals surface area contributed by atoms with Gasteiger partial charge in [-0.2, -0.15) is 10.1 Å². The van der Waals surface area contributed by atoms with Crippen LogP contribution in [0.25, 0.3) is 22.3 Å². The highest BCUT2D eigenvalue weighted by Gasteiger charge is 2.26. The van der Waals surface area contributed by atoms with E-state index in [0.29, 0.717) is 40.9 Å². The Kier molecular flexibility index (Phi) is 3.75. The van der Waals surface area contributed by atoms with Gasteiger partial charge in [0.2, 0.25) is 5.95 Å². The van der Waals surface area contributed by atoms with Crippen LogP contribution in [0, 0.1) is 12.7 Å². The Morgan fingerprint density at radius 2 is 2.11 bits per heavy atom. The maximum Gasteiger partial charge on any atom is 0.224 e. The summed E-state index contributed by atoms with van der Waals surface area (Å²) in [6, 6.07) is 4.89. The normalized spacial score (nSPS) is 13.9. The number of imidazole rings is 1. The first-order chi connectivity index (χ1) is 13.6. The highest BCUT2D eigenvalue weighted by Crippen LogP contribution is 2.40. The third-order valence-corrected chi connectivity index (χ3v) is 4.89. The quantitative estimate of drug-likeness (QED) is 0.423. The second-order valence-electron chi connectivity index (χ2n) is 7.11. The Labute approximate surface area is 159 Å². The molecule has 1 aliphatic rings. The van der Waals surface area contributed by atoms with Crippen molar-refractivity contribution in [1.82, 2.24) is 30.1 Å². The fourth-order valence-electron chi connectivity index (χ4n) is 3.34. The zero-order valence-corrected chi connectivity index (χ0v) is 15.3. The van der Waals surface area contributed by atoms with Crippen LogP contribution in [-0.4, -0.2) is 30.1 Å². The second-order valence-corrected chi connectivity index (χ2v) is 7.11. The molecule has 8 nitrogen and oxygen atoms in total. The molecule has 142 valence electrons. The highest BCUT2D eigenvalue weighted by atomic mass is 19.1. The number of nitrogens with zero attached hydrogens (tertiary/aromatic N) is 4. The molecule has 0 saturated heterocycles. The van der Waals surface area contributed by atoms with E-state index in [0.717, 1.165) is 22.7 Å². The number of halogens is 1. The fourth-order valence-corrected chi connectivity index (χ4v) is 3.34. The van der Waals surface area contributed by atoms with Crippen LogP contribution in [0.2, 0.25) is 0 Å². The predicted molar refractivity (Wildman–Crippen MR) is 104 cm³/mol. The SMILES string of the molecule is Cc1nc2c(CNc3ncc(-c4cc(C5CC5)[nH]n4)c(N)n3)cc(F)cc2[nH]1. The maximum absolute atomic E-state index is 13.9. The Hall–Kier alpha value is -3.49. The Morgan fingerprint density at radius 3 is 2.89 bits per heavy atom. The Balaban J connectivity index is 1.37. The fraction of sp³-hybridized carbons (Fsp3) is 0.263. The molecular formula is C19H19FN8. The van der Waals surface area contributed by atoms with E-state index in [1.165, 1.54) is 25.0 Å². The predicted octanol–water partition coefficient (Wildman–Crippen LogP) is 3.26. The van der Waals surface area contributed by atoms with Crippen molar-refractivity contribution in [3.05, 3.63) is 47.3 Å². The lowest BCUT2D eigenvalue weighted by Gasteiger charge is -2.08. The van der Waals surface area contributed by atoms with Gasteiger partial charge in [0.15, 0.2) is 0 Å². The number of nitrogen functional groups attached to an aromatic ring is 1. The number of H-pyrrole nitrogens is 2. The van der Waals surface area contributed by atoms with Crippen LogP contribution in [0.1, 0.15) is 35.8 Å². The van der Waals surface area contributed by atoms with Crippen molar-refractivity contribution in [3.63, 3.8) is 0 Å². The standard InChI is InChI=1S/C19H19FN8/c1-9-24-16-5-12(20)4-11(17(16)25-9)7-22-19-23-8-13(18(21)26-19)15-6-14(27-28-15)10-2-3-10/h4-6,8,10H,2-3,7H2,1H3,(H,24,25)(H,27,28)(H3,21,22,23,26). The topological polar surface area (TPSA) is 121 Å². The summed E-state index contributed by atoms with van der Waals surface area (Å²) in [6.45, 7) is 2.16. The Morgan fingerprint density at radius 1 is 1.25 bits per heavy atom. The van der Waals surface area contributed by atoms with Gasteiger partial charge in [0.1, 0.15) is 17.5 Å². The number of aromatic nitrogens is 6. The van der Waals surface area contributed by atoms with Crippen LogP contribution in [0.4, 0.5) is 16.2 Å². The lowest BCUT2D eigenvalue weighted by Crippen LogP contribution is -2.07. The summed E-state index contributed by atoms with van der Waals surface area (Å²) in [4.78, 5) is 16.1. The molecule has 1 saturated carbocycles. The van der Waals surface area contributed by atoms with Gasteiger partial charge in [0.05, 0.1) is 22.3 Å². The van der Waals surface area contributed by atoms with Crippen LogP contribution in [0.5, 0.6) is 0 Å². The molecule has 0 unspecified atom stereocenters. The smallest absolute Gasteiger partial charge is 0.224 e. The van der Waals surface area contributed by atoms with Crippen molar-refractivity contribution in [1.29, 1.82) is 0 Å². The van der Waals surface area contributed by atoms with E-state index in [4.69, 9.17) is 5.73 Å². The van der Waals surface area contributed by atoms with E-state index < -0.39 is 0 Å². The van der Waals surface area contributed by atoms with Crippen molar-refractivity contribution >= 4 is 22.8 Å². The zero-order chi connectivity index (χ0) is 19.3. The van der Waals surface area contributed by atoms with Crippen molar-refractivity contribution in [2.45, 2.75) is 32.2 Å². The van der Waals surface area contributed by atoms with E-state index in [1.54, 1.807) is 6.20 Å². The van der Waals surface area contributed by atoms with E-state index in [1.807, 2.05) is 13.0 Å². The first kappa shape index (κ1) is 16.7. The van der Waals surface area contributed by atoms with Gasteiger partial charge in [0.25, 0.3) is 0 Å². The van der Waals surface area contributed by atoms with E-state index >= 15 is 0 Å². The number of aromatic amines is 2. The monoisotopic (exact) mass is 378 g/mol. The number of nitrogens with one attached hydrogen (secondary N) is 3. The van der Waals surface area contributed by atoms with Crippen LogP contribution < -0.4 is 11.1 Å². The maximum atomic E-state index is 13.9. The number of hydrogen-bond donors (Lipinski definition) is 4. The molecule has 0 aliphatic heterocycles. The molecule has 5 rings (SSSR count). The first-order valence-electron chi connectivity index (χ1n) is 9.13. The van der Waals surface area contributed by atoms with Gasteiger partial charge in [-0.1, -0.05) is 0 Å². The summed E-state index contributed by atoms with van der Waals surface area (Å²) in [7, 11) is 0. The van der Waals surface area contributed by atoms with Gasteiger partial charge in [-0.3, -0.25) is 5.10 Å². The molecule has 28 heavy (non-hydrogen) atoms. The number of benzene rings is 1. The van der Waals surface area contributed by atoms with Gasteiger partial charge >= 0.3 is 0 Å². The van der Waals surface area contributed by atoms with Gasteiger partial charge in [-0.25, -0.2) is 14.4 Å². The first-order valence-corrected chi connectivity index (χ1v) is 9.13. The molecule has 0 bridgehead atoms. The summed E-state index contributed by atoms with van der Waals surface area (Å²) in [5.41, 5.74) is 10.8. The minimum atomic E-state index is -0.325. The van der Waals surface area contributed by atoms with Gasteiger partial charge < -0.3 is 16.0 Å². The molecule has 3 heterocycles. The lowest BCUT2D eigenvalue weighted by molar-refractivity contribution is 0.627. The molecule has 4 aromatic rings. The highest BCUT2D eigenvalue weighted by molar-refractivity contribution is 5.79. The van der Waals surface area contributed by atoms with Crippen LogP contribution in [0.3, 0.4) is 0 Å². The van der Waals surface area contributed by atoms with Crippen molar-refractivity contribution in [2.24, 2.45) is 0 Å². The van der Waals surface area contributed by atoms with E-state index in [9.17, 15) is 4.39 Å². The number of fused-ring (bicyclic) bond motifs is 1. The summed E-state index contributed by atoms with van der Waals surface area (Å²) < 4.78 is 13.9. The van der Waals surface area contributed by atoms with Gasteiger partial charge in [-0.15, -0.1) is 0 Å². The molecule has 1 aliphatic carbocycles. The van der Waals surface area contributed by atoms with Gasteiger partial charge in [0, 0.05) is 29.9 Å². The molecule has 1 aromatic carbocycles. The summed E-state index contributed by atoms with van der Waals surface area (Å²) in [5.74, 6) is 1.69. The minimum Gasteiger partial charge on any atom is -0.383 e. The average Bonchev–Trinajstić information content (AvgIpc) is 3.27. The second kappa shape index (κ2) is 6.29. The molecule has 9 heteroatoms. The third-order valence-electron chi connectivity index (χ3n) is 4.89. The molecule has 0 atom stereocenters. The summed E-state index contributed by atoms with van der Waals surface area (Å²) in [6.07, 6.45) is 4.04. The van der Waals surface area contributed by atoms with Crippen LogP contribution in [-0.2, 0) is 6.54 Å².